The highest BCUT2D eigenvalue weighted by atomic mass is 17.0. The summed E-state index contributed by atoms with van der Waals surface area (Å²) >= 11 is 0. The number of benzene rings is 2. The molecule has 0 spiro atoms. The molecule has 10 heteroatoms. The molecule has 0 saturated heterocycles. The Morgan fingerprint density at radius 2 is 1.89 bits per heavy atom. The summed E-state index contributed by atoms with van der Waals surface area (Å²) in [5.74, 6) is -3.21. The van der Waals surface area contributed by atoms with Gasteiger partial charge in [-0.15, -0.1) is 10.1 Å². The highest BCUT2D eigenvalue weighted by Gasteiger charge is 2.28. The summed E-state index contributed by atoms with van der Waals surface area (Å²) in [7, 11) is 1.55. The van der Waals surface area contributed by atoms with E-state index in [1.807, 2.05) is 6.07 Å². The zero-order chi connectivity index (χ0) is 20.0. The van der Waals surface area contributed by atoms with Crippen molar-refractivity contribution in [2.45, 2.75) is 24.9 Å². The van der Waals surface area contributed by atoms with Crippen LogP contribution in [-0.2, 0) is 14.4 Å². The first-order valence-electron chi connectivity index (χ1n) is 7.92. The number of aliphatic hydroxyl groups excluding tert-OH is 1. The van der Waals surface area contributed by atoms with E-state index in [1.165, 1.54) is 0 Å². The van der Waals surface area contributed by atoms with Crippen molar-refractivity contribution in [1.29, 1.82) is 0 Å². The first-order chi connectivity index (χ1) is 12.7. The molecule has 146 valence electrons. The van der Waals surface area contributed by atoms with Crippen LogP contribution in [-0.4, -0.2) is 46.1 Å². The average Bonchev–Trinajstić information content (AvgIpc) is 2.62. The minimum atomic E-state index is -2.96. The maximum atomic E-state index is 11.9. The Hall–Kier alpha value is -2.95. The molecule has 27 heavy (non-hydrogen) atoms. The van der Waals surface area contributed by atoms with E-state index in [2.05, 4.69) is 4.84 Å². The second kappa shape index (κ2) is 8.62. The van der Waals surface area contributed by atoms with Crippen LogP contribution >= 0.6 is 0 Å². The summed E-state index contributed by atoms with van der Waals surface area (Å²) < 4.78 is 9.98. The molecule has 2 aromatic rings. The molecular formula is C17H19NO9. The van der Waals surface area contributed by atoms with Gasteiger partial charge in [0.2, 0.25) is 0 Å². The summed E-state index contributed by atoms with van der Waals surface area (Å²) in [4.78, 5) is 25.6. The summed E-state index contributed by atoms with van der Waals surface area (Å²) in [5.41, 5.74) is 0.327. The molecule has 2 aromatic carbocycles. The third kappa shape index (κ3) is 5.78. The molecule has 0 amide bonds. The molecule has 0 unspecified atom stereocenters. The van der Waals surface area contributed by atoms with Gasteiger partial charge in [-0.25, -0.2) is 9.63 Å². The molecule has 0 fully saturated rings. The van der Waals surface area contributed by atoms with Crippen molar-refractivity contribution in [3.05, 3.63) is 52.1 Å². The third-order valence-corrected chi connectivity index (χ3v) is 3.72. The Bertz CT molecular complexity index is 821. The number of carbonyl (C=O) groups excluding carboxylic acids is 1. The molecule has 0 aliphatic heterocycles. The lowest BCUT2D eigenvalue weighted by molar-refractivity contribution is -0.814. The molecule has 0 heterocycles. The Kier molecular flexibility index (Phi) is 6.50. The highest BCUT2D eigenvalue weighted by molar-refractivity contribution is 5.86. The molecule has 0 bridgehead atoms. The number of carbonyl (C=O) groups is 1. The lowest BCUT2D eigenvalue weighted by atomic mass is 10.0. The first-order valence-corrected chi connectivity index (χ1v) is 7.92. The predicted octanol–water partition coefficient (Wildman–Crippen LogP) is 1.05. The molecule has 3 N–H and O–H groups in total. The largest absolute Gasteiger partial charge is 0.497 e. The summed E-state index contributed by atoms with van der Waals surface area (Å²) in [6.45, 7) is -0.287. The quantitative estimate of drug-likeness (QED) is 0.190. The van der Waals surface area contributed by atoms with E-state index in [1.54, 1.807) is 37.4 Å². The summed E-state index contributed by atoms with van der Waals surface area (Å²) in [6, 6.07) is 10.3. The standard InChI is InChI=1S/C17H19NO9/c1-25-14-6-5-11-9-13(4-3-12(11)10-14)15(19)16(20)26-8-2-7-17(21,22)27-18(23)24/h3-6,9-10,15,19,21-22H,2,7-8H2,1H3/t15-/m1/s1. The van der Waals surface area contributed by atoms with Gasteiger partial charge in [-0.3, -0.25) is 0 Å². The number of aliphatic hydroxyl groups is 3. The van der Waals surface area contributed by atoms with Crippen LogP contribution in [0.4, 0.5) is 0 Å². The number of rotatable bonds is 9. The van der Waals surface area contributed by atoms with Gasteiger partial charge in [0.05, 0.1) is 13.7 Å². The number of hydrogen-bond donors (Lipinski definition) is 3. The van der Waals surface area contributed by atoms with Crippen molar-refractivity contribution in [1.82, 2.24) is 0 Å². The van der Waals surface area contributed by atoms with Crippen molar-refractivity contribution in [2.75, 3.05) is 13.7 Å². The molecule has 2 rings (SSSR count). The highest BCUT2D eigenvalue weighted by Crippen LogP contribution is 2.25. The number of esters is 1. The van der Waals surface area contributed by atoms with Crippen molar-refractivity contribution in [2.24, 2.45) is 0 Å². The third-order valence-electron chi connectivity index (χ3n) is 3.72. The Labute approximate surface area is 153 Å². The van der Waals surface area contributed by atoms with Gasteiger partial charge in [0, 0.05) is 6.42 Å². The van der Waals surface area contributed by atoms with E-state index in [0.29, 0.717) is 11.3 Å². The van der Waals surface area contributed by atoms with E-state index < -0.39 is 29.6 Å². The van der Waals surface area contributed by atoms with E-state index in [0.717, 1.165) is 10.8 Å². The zero-order valence-corrected chi connectivity index (χ0v) is 14.4. The van der Waals surface area contributed by atoms with Crippen LogP contribution in [0, 0.1) is 10.1 Å². The minimum Gasteiger partial charge on any atom is -0.497 e. The van der Waals surface area contributed by atoms with Gasteiger partial charge in [-0.2, -0.15) is 0 Å². The second-order valence-corrected chi connectivity index (χ2v) is 5.70. The zero-order valence-electron chi connectivity index (χ0n) is 14.4. The van der Waals surface area contributed by atoms with E-state index in [-0.39, 0.29) is 13.0 Å². The van der Waals surface area contributed by atoms with Crippen molar-refractivity contribution in [3.63, 3.8) is 0 Å². The number of methoxy groups -OCH3 is 1. The van der Waals surface area contributed by atoms with Gasteiger partial charge >= 0.3 is 11.9 Å². The normalized spacial score (nSPS) is 12.4. The summed E-state index contributed by atoms with van der Waals surface area (Å²) in [5, 5.41) is 38.8. The molecule has 0 aliphatic carbocycles. The van der Waals surface area contributed by atoms with Crippen molar-refractivity contribution >= 4 is 16.7 Å². The van der Waals surface area contributed by atoms with Crippen molar-refractivity contribution < 1.29 is 39.5 Å². The van der Waals surface area contributed by atoms with Gasteiger partial charge < -0.3 is 24.8 Å². The van der Waals surface area contributed by atoms with Crippen LogP contribution in [0.3, 0.4) is 0 Å². The maximum absolute atomic E-state index is 11.9. The van der Waals surface area contributed by atoms with E-state index in [9.17, 15) is 20.0 Å². The van der Waals surface area contributed by atoms with E-state index in [4.69, 9.17) is 19.7 Å². The van der Waals surface area contributed by atoms with E-state index >= 15 is 0 Å². The van der Waals surface area contributed by atoms with Gasteiger partial charge in [0.15, 0.2) is 6.10 Å². The Morgan fingerprint density at radius 1 is 1.22 bits per heavy atom. The van der Waals surface area contributed by atoms with Gasteiger partial charge in [-0.1, -0.05) is 18.2 Å². The second-order valence-electron chi connectivity index (χ2n) is 5.70. The lowest BCUT2D eigenvalue weighted by Gasteiger charge is -2.18. The molecular weight excluding hydrogens is 362 g/mol. The van der Waals surface area contributed by atoms with Crippen LogP contribution in [0.5, 0.6) is 5.75 Å². The fraction of sp³-hybridized carbons (Fsp3) is 0.353. The van der Waals surface area contributed by atoms with Crippen molar-refractivity contribution in [3.8, 4) is 5.75 Å². The molecule has 10 nitrogen and oxygen atoms in total. The van der Waals surface area contributed by atoms with Crippen LogP contribution in [0.2, 0.25) is 0 Å². The van der Waals surface area contributed by atoms with Crippen LogP contribution in [0.15, 0.2) is 36.4 Å². The smallest absolute Gasteiger partial charge is 0.339 e. The SMILES string of the molecule is COc1ccc2cc([C@@H](O)C(=O)OCCCC(O)(O)O[N+](=O)[O-])ccc2c1. The molecule has 1 atom stereocenters. The predicted molar refractivity (Wildman–Crippen MR) is 90.9 cm³/mol. The Morgan fingerprint density at radius 3 is 2.56 bits per heavy atom. The monoisotopic (exact) mass is 381 g/mol. The van der Waals surface area contributed by atoms with Gasteiger partial charge in [-0.05, 0) is 41.0 Å². The molecule has 0 aliphatic rings. The fourth-order valence-electron chi connectivity index (χ4n) is 2.39. The summed E-state index contributed by atoms with van der Waals surface area (Å²) in [6.07, 6.45) is -2.22. The molecule has 0 radical (unpaired) electrons. The van der Waals surface area contributed by atoms with Gasteiger partial charge in [0.1, 0.15) is 5.75 Å². The fourth-order valence-corrected chi connectivity index (χ4v) is 2.39. The number of ether oxygens (including phenoxy) is 2. The first kappa shape index (κ1) is 20.4. The number of fused-ring (bicyclic) bond motifs is 1. The van der Waals surface area contributed by atoms with Crippen LogP contribution < -0.4 is 4.74 Å². The van der Waals surface area contributed by atoms with Crippen LogP contribution in [0.1, 0.15) is 24.5 Å². The molecule has 0 saturated carbocycles. The Balaban J connectivity index is 1.91. The van der Waals surface area contributed by atoms with Crippen LogP contribution in [0.25, 0.3) is 10.8 Å². The number of nitrogens with zero attached hydrogens (tertiary/aromatic N) is 1. The number of hydrogen-bond acceptors (Lipinski definition) is 9. The topological polar surface area (TPSA) is 149 Å². The maximum Gasteiger partial charge on any atom is 0.339 e. The molecule has 0 aromatic heterocycles. The lowest BCUT2D eigenvalue weighted by Crippen LogP contribution is -2.34. The average molecular weight is 381 g/mol. The minimum absolute atomic E-state index is 0.128. The van der Waals surface area contributed by atoms with Gasteiger partial charge in [0.25, 0.3) is 5.09 Å².